The number of aryl methyl sites for hydroxylation is 2. The Kier molecular flexibility index (Phi) is 3.91. The average Bonchev–Trinajstić information content (AvgIpc) is 3.15. The number of rotatable bonds is 3. The monoisotopic (exact) mass is 339 g/mol. The SMILES string of the molecule is Cc1nc(-c2cc(S(=O)(=O)N3CCCC3)c(C)n2C)sc1C. The quantitative estimate of drug-likeness (QED) is 0.864. The Morgan fingerprint density at radius 3 is 2.36 bits per heavy atom. The molecule has 0 saturated carbocycles. The Morgan fingerprint density at radius 2 is 1.82 bits per heavy atom. The summed E-state index contributed by atoms with van der Waals surface area (Å²) in [6, 6.07) is 1.78. The number of hydrogen-bond acceptors (Lipinski definition) is 4. The Hall–Kier alpha value is -1.18. The number of nitrogens with zero attached hydrogens (tertiary/aromatic N) is 3. The van der Waals surface area contributed by atoms with Crippen LogP contribution in [-0.4, -0.2) is 35.4 Å². The summed E-state index contributed by atoms with van der Waals surface area (Å²) in [4.78, 5) is 6.14. The highest BCUT2D eigenvalue weighted by atomic mass is 32.2. The highest BCUT2D eigenvalue weighted by Crippen LogP contribution is 2.33. The second kappa shape index (κ2) is 5.47. The molecule has 0 bridgehead atoms. The van der Waals surface area contributed by atoms with Crippen LogP contribution in [0, 0.1) is 20.8 Å². The van der Waals surface area contributed by atoms with Crippen molar-refractivity contribution in [2.75, 3.05) is 13.1 Å². The second-order valence-corrected chi connectivity index (χ2v) is 8.92. The van der Waals surface area contributed by atoms with Crippen LogP contribution in [0.15, 0.2) is 11.0 Å². The van der Waals surface area contributed by atoms with Crippen LogP contribution in [0.5, 0.6) is 0 Å². The zero-order chi connectivity index (χ0) is 16.1. The molecule has 0 spiro atoms. The Balaban J connectivity index is 2.09. The molecule has 2 aromatic heterocycles. The minimum atomic E-state index is -3.39. The molecule has 120 valence electrons. The van der Waals surface area contributed by atoms with Crippen LogP contribution in [0.4, 0.5) is 0 Å². The van der Waals surface area contributed by atoms with E-state index in [-0.39, 0.29) is 0 Å². The van der Waals surface area contributed by atoms with E-state index in [4.69, 9.17) is 0 Å². The predicted octanol–water partition coefficient (Wildman–Crippen LogP) is 2.86. The van der Waals surface area contributed by atoms with Gasteiger partial charge in [-0.2, -0.15) is 4.31 Å². The molecule has 2 aromatic rings. The third-order valence-corrected chi connectivity index (χ3v) is 7.53. The zero-order valence-electron chi connectivity index (χ0n) is 13.4. The first-order valence-corrected chi connectivity index (χ1v) is 9.69. The van der Waals surface area contributed by atoms with E-state index >= 15 is 0 Å². The van der Waals surface area contributed by atoms with Crippen molar-refractivity contribution in [3.05, 3.63) is 22.3 Å². The molecule has 1 saturated heterocycles. The van der Waals surface area contributed by atoms with Crippen molar-refractivity contribution >= 4 is 21.4 Å². The lowest BCUT2D eigenvalue weighted by Gasteiger charge is -2.15. The zero-order valence-corrected chi connectivity index (χ0v) is 15.0. The van der Waals surface area contributed by atoms with E-state index in [1.165, 1.54) is 0 Å². The maximum absolute atomic E-state index is 12.8. The maximum atomic E-state index is 12.8. The van der Waals surface area contributed by atoms with E-state index in [1.807, 2.05) is 32.4 Å². The van der Waals surface area contributed by atoms with Crippen LogP contribution >= 0.6 is 11.3 Å². The van der Waals surface area contributed by atoms with Gasteiger partial charge in [-0.25, -0.2) is 13.4 Å². The van der Waals surface area contributed by atoms with Gasteiger partial charge in [0.2, 0.25) is 10.0 Å². The number of aromatic nitrogens is 2. The summed E-state index contributed by atoms with van der Waals surface area (Å²) >= 11 is 1.61. The molecule has 1 aliphatic heterocycles. The van der Waals surface area contributed by atoms with E-state index in [9.17, 15) is 8.42 Å². The summed E-state index contributed by atoms with van der Waals surface area (Å²) in [5.74, 6) is 0. The van der Waals surface area contributed by atoms with Crippen molar-refractivity contribution in [2.24, 2.45) is 7.05 Å². The highest BCUT2D eigenvalue weighted by molar-refractivity contribution is 7.89. The molecular formula is C15H21N3O2S2. The van der Waals surface area contributed by atoms with Crippen LogP contribution < -0.4 is 0 Å². The normalized spacial score (nSPS) is 16.5. The molecule has 1 aliphatic rings. The van der Waals surface area contributed by atoms with Crippen LogP contribution in [0.25, 0.3) is 10.7 Å². The van der Waals surface area contributed by atoms with E-state index in [1.54, 1.807) is 21.7 Å². The highest BCUT2D eigenvalue weighted by Gasteiger charge is 2.31. The minimum absolute atomic E-state index is 0.414. The maximum Gasteiger partial charge on any atom is 0.244 e. The third kappa shape index (κ3) is 2.41. The smallest absolute Gasteiger partial charge is 0.244 e. The lowest BCUT2D eigenvalue weighted by Crippen LogP contribution is -2.28. The first-order chi connectivity index (χ1) is 10.3. The largest absolute Gasteiger partial charge is 0.345 e. The van der Waals surface area contributed by atoms with Crippen LogP contribution in [0.3, 0.4) is 0 Å². The molecule has 0 atom stereocenters. The van der Waals surface area contributed by atoms with Gasteiger partial charge in [0.1, 0.15) is 9.90 Å². The molecule has 22 heavy (non-hydrogen) atoms. The van der Waals surface area contributed by atoms with Crippen molar-refractivity contribution in [1.82, 2.24) is 13.9 Å². The van der Waals surface area contributed by atoms with Gasteiger partial charge < -0.3 is 4.57 Å². The first kappa shape index (κ1) is 15.7. The Bertz CT molecular complexity index is 793. The van der Waals surface area contributed by atoms with Gasteiger partial charge in [-0.3, -0.25) is 0 Å². The van der Waals surface area contributed by atoms with Crippen LogP contribution in [0.1, 0.15) is 29.1 Å². The molecule has 0 aromatic carbocycles. The van der Waals surface area contributed by atoms with Gasteiger partial charge in [0.05, 0.1) is 11.4 Å². The summed E-state index contributed by atoms with van der Waals surface area (Å²) in [6.07, 6.45) is 1.89. The van der Waals surface area contributed by atoms with Crippen molar-refractivity contribution in [3.63, 3.8) is 0 Å². The molecule has 0 radical (unpaired) electrons. The van der Waals surface area contributed by atoms with Crippen molar-refractivity contribution in [2.45, 2.75) is 38.5 Å². The minimum Gasteiger partial charge on any atom is -0.345 e. The number of sulfonamides is 1. The summed E-state index contributed by atoms with van der Waals surface area (Å²) < 4.78 is 29.2. The van der Waals surface area contributed by atoms with Gasteiger partial charge in [0, 0.05) is 30.7 Å². The van der Waals surface area contributed by atoms with E-state index in [0.717, 1.165) is 39.8 Å². The fourth-order valence-electron chi connectivity index (χ4n) is 2.79. The third-order valence-electron chi connectivity index (χ3n) is 4.42. The molecule has 3 heterocycles. The van der Waals surface area contributed by atoms with E-state index < -0.39 is 10.0 Å². The molecule has 0 aliphatic carbocycles. The predicted molar refractivity (Wildman–Crippen MR) is 88.7 cm³/mol. The van der Waals surface area contributed by atoms with Crippen molar-refractivity contribution in [3.8, 4) is 10.7 Å². The Labute approximate surface area is 135 Å². The lowest BCUT2D eigenvalue weighted by molar-refractivity contribution is 0.477. The average molecular weight is 339 g/mol. The number of thiazole rings is 1. The van der Waals surface area contributed by atoms with Gasteiger partial charge in [0.25, 0.3) is 0 Å². The summed E-state index contributed by atoms with van der Waals surface area (Å²) in [6.45, 7) is 7.13. The van der Waals surface area contributed by atoms with Gasteiger partial charge in [-0.05, 0) is 39.7 Å². The van der Waals surface area contributed by atoms with Crippen LogP contribution in [0.2, 0.25) is 0 Å². The molecule has 3 rings (SSSR count). The van der Waals surface area contributed by atoms with Gasteiger partial charge in [-0.15, -0.1) is 11.3 Å². The fourth-order valence-corrected chi connectivity index (χ4v) is 5.54. The first-order valence-electron chi connectivity index (χ1n) is 7.43. The summed E-state index contributed by atoms with van der Waals surface area (Å²) in [7, 11) is -1.49. The van der Waals surface area contributed by atoms with Crippen LogP contribution in [-0.2, 0) is 17.1 Å². The fraction of sp³-hybridized carbons (Fsp3) is 0.533. The molecule has 1 fully saturated rings. The molecule has 7 heteroatoms. The Morgan fingerprint density at radius 1 is 1.18 bits per heavy atom. The van der Waals surface area contributed by atoms with Gasteiger partial charge >= 0.3 is 0 Å². The lowest BCUT2D eigenvalue weighted by atomic mass is 10.4. The molecular weight excluding hydrogens is 318 g/mol. The second-order valence-electron chi connectivity index (χ2n) is 5.81. The van der Waals surface area contributed by atoms with Gasteiger partial charge in [-0.1, -0.05) is 0 Å². The topological polar surface area (TPSA) is 55.2 Å². The van der Waals surface area contributed by atoms with E-state index in [0.29, 0.717) is 18.0 Å². The summed E-state index contributed by atoms with van der Waals surface area (Å²) in [5.41, 5.74) is 2.65. The molecule has 0 unspecified atom stereocenters. The van der Waals surface area contributed by atoms with Crippen molar-refractivity contribution in [1.29, 1.82) is 0 Å². The summed E-state index contributed by atoms with van der Waals surface area (Å²) in [5, 5.41) is 0.878. The van der Waals surface area contributed by atoms with Gasteiger partial charge in [0.15, 0.2) is 0 Å². The molecule has 0 N–H and O–H groups in total. The standard InChI is InChI=1S/C15H21N3O2S2/c1-10-12(3)21-15(16-10)13-9-14(11(2)17(13)4)22(19,20)18-7-5-6-8-18/h9H,5-8H2,1-4H3. The van der Waals surface area contributed by atoms with E-state index in [2.05, 4.69) is 4.98 Å². The molecule has 0 amide bonds. The number of hydrogen-bond donors (Lipinski definition) is 0. The molecule has 5 nitrogen and oxygen atoms in total. The van der Waals surface area contributed by atoms with Crippen molar-refractivity contribution < 1.29 is 8.42 Å².